The molecule has 0 spiro atoms. The second-order valence-electron chi connectivity index (χ2n) is 4.43. The number of hydrogen-bond donors (Lipinski definition) is 0. The lowest BCUT2D eigenvalue weighted by Gasteiger charge is -2.35. The molecule has 0 aliphatic carbocycles. The minimum atomic E-state index is -0.780. The van der Waals surface area contributed by atoms with Crippen LogP contribution in [0.15, 0.2) is 0 Å². The van der Waals surface area contributed by atoms with Crippen molar-refractivity contribution < 1.29 is 9.53 Å². The van der Waals surface area contributed by atoms with Crippen molar-refractivity contribution in [3.63, 3.8) is 0 Å². The molecule has 1 rings (SSSR count). The van der Waals surface area contributed by atoms with Crippen LogP contribution in [-0.4, -0.2) is 36.6 Å². The number of likely N-dealkylation sites (tertiary alicyclic amines) is 1. The van der Waals surface area contributed by atoms with Gasteiger partial charge in [-0.3, -0.25) is 4.79 Å². The van der Waals surface area contributed by atoms with Crippen molar-refractivity contribution in [2.24, 2.45) is 5.92 Å². The summed E-state index contributed by atoms with van der Waals surface area (Å²) in [7, 11) is 1.53. The van der Waals surface area contributed by atoms with Crippen molar-refractivity contribution >= 4 is 5.91 Å². The van der Waals surface area contributed by atoms with Gasteiger partial charge in [-0.15, -0.1) is 0 Å². The van der Waals surface area contributed by atoms with E-state index in [2.05, 4.69) is 6.07 Å². The Morgan fingerprint density at radius 2 is 2.27 bits per heavy atom. The van der Waals surface area contributed by atoms with Crippen molar-refractivity contribution in [3.8, 4) is 6.07 Å². The van der Waals surface area contributed by atoms with E-state index < -0.39 is 5.60 Å². The van der Waals surface area contributed by atoms with Crippen LogP contribution in [0.2, 0.25) is 0 Å². The van der Waals surface area contributed by atoms with Gasteiger partial charge in [-0.1, -0.05) is 0 Å². The Morgan fingerprint density at radius 1 is 1.60 bits per heavy atom. The van der Waals surface area contributed by atoms with Crippen LogP contribution in [0.1, 0.15) is 26.7 Å². The summed E-state index contributed by atoms with van der Waals surface area (Å²) in [5.41, 5.74) is -0.780. The molecule has 0 saturated carbocycles. The van der Waals surface area contributed by atoms with Gasteiger partial charge >= 0.3 is 0 Å². The average Bonchev–Trinajstić information content (AvgIpc) is 2.28. The number of carbonyl (C=O) groups is 1. The highest BCUT2D eigenvalue weighted by Crippen LogP contribution is 2.20. The molecule has 1 unspecified atom stereocenters. The van der Waals surface area contributed by atoms with E-state index in [1.807, 2.05) is 0 Å². The van der Waals surface area contributed by atoms with E-state index in [1.54, 1.807) is 18.7 Å². The zero-order chi connectivity index (χ0) is 11.5. The van der Waals surface area contributed by atoms with Crippen molar-refractivity contribution in [3.05, 3.63) is 0 Å². The lowest BCUT2D eigenvalue weighted by molar-refractivity contribution is -0.152. The molecule has 1 amide bonds. The lowest BCUT2D eigenvalue weighted by Crippen LogP contribution is -2.49. The van der Waals surface area contributed by atoms with Crippen LogP contribution < -0.4 is 0 Å². The van der Waals surface area contributed by atoms with Crippen LogP contribution in [0.4, 0.5) is 0 Å². The van der Waals surface area contributed by atoms with Crippen molar-refractivity contribution in [1.29, 1.82) is 5.26 Å². The number of rotatable bonds is 2. The summed E-state index contributed by atoms with van der Waals surface area (Å²) in [5.74, 6) is -0.0414. The minimum Gasteiger partial charge on any atom is -0.369 e. The molecule has 15 heavy (non-hydrogen) atoms. The van der Waals surface area contributed by atoms with Crippen LogP contribution >= 0.6 is 0 Å². The largest absolute Gasteiger partial charge is 0.369 e. The molecule has 1 atom stereocenters. The molecule has 4 nitrogen and oxygen atoms in total. The Morgan fingerprint density at radius 3 is 2.80 bits per heavy atom. The highest BCUT2D eigenvalue weighted by atomic mass is 16.5. The zero-order valence-electron chi connectivity index (χ0n) is 9.62. The second-order valence-corrected chi connectivity index (χ2v) is 4.43. The van der Waals surface area contributed by atoms with E-state index in [1.165, 1.54) is 7.11 Å². The first-order chi connectivity index (χ1) is 7.01. The number of nitrogens with zero attached hydrogens (tertiary/aromatic N) is 2. The Labute approximate surface area is 90.8 Å². The molecule has 1 heterocycles. The number of piperidine rings is 1. The summed E-state index contributed by atoms with van der Waals surface area (Å²) in [5, 5.41) is 8.83. The predicted octanol–water partition coefficient (Wildman–Crippen LogP) is 1.17. The molecule has 1 aliphatic heterocycles. The average molecular weight is 210 g/mol. The van der Waals surface area contributed by atoms with Gasteiger partial charge in [0.05, 0.1) is 12.0 Å². The fraction of sp³-hybridized carbons (Fsp3) is 0.818. The maximum atomic E-state index is 12.0. The Kier molecular flexibility index (Phi) is 3.70. The summed E-state index contributed by atoms with van der Waals surface area (Å²) in [6, 6.07) is 2.22. The highest BCUT2D eigenvalue weighted by Gasteiger charge is 2.34. The molecule has 1 saturated heterocycles. The molecule has 0 N–H and O–H groups in total. The van der Waals surface area contributed by atoms with Crippen LogP contribution in [0.25, 0.3) is 0 Å². The fourth-order valence-corrected chi connectivity index (χ4v) is 1.74. The molecule has 1 fully saturated rings. The number of amides is 1. The smallest absolute Gasteiger partial charge is 0.254 e. The maximum Gasteiger partial charge on any atom is 0.254 e. The first kappa shape index (κ1) is 12.0. The fourth-order valence-electron chi connectivity index (χ4n) is 1.74. The summed E-state index contributed by atoms with van der Waals surface area (Å²) in [6.45, 7) is 4.79. The Hall–Kier alpha value is -1.08. The van der Waals surface area contributed by atoms with Gasteiger partial charge < -0.3 is 9.64 Å². The number of carbonyl (C=O) groups excluding carboxylic acids is 1. The maximum absolute atomic E-state index is 12.0. The number of nitriles is 1. The molecular formula is C11H18N2O2. The quantitative estimate of drug-likeness (QED) is 0.687. The molecule has 0 aromatic rings. The summed E-state index contributed by atoms with van der Waals surface area (Å²) >= 11 is 0. The van der Waals surface area contributed by atoms with Gasteiger partial charge in [0.15, 0.2) is 0 Å². The third-order valence-electron chi connectivity index (χ3n) is 2.92. The second kappa shape index (κ2) is 4.63. The topological polar surface area (TPSA) is 53.3 Å². The number of methoxy groups -OCH3 is 1. The van der Waals surface area contributed by atoms with E-state index >= 15 is 0 Å². The van der Waals surface area contributed by atoms with Gasteiger partial charge in [0.1, 0.15) is 5.60 Å². The van der Waals surface area contributed by atoms with Crippen LogP contribution in [0, 0.1) is 17.2 Å². The van der Waals surface area contributed by atoms with Gasteiger partial charge in [0, 0.05) is 20.2 Å². The highest BCUT2D eigenvalue weighted by molar-refractivity contribution is 5.84. The van der Waals surface area contributed by atoms with E-state index in [0.717, 1.165) is 19.4 Å². The molecule has 0 radical (unpaired) electrons. The first-order valence-electron chi connectivity index (χ1n) is 5.25. The monoisotopic (exact) mass is 210 g/mol. The van der Waals surface area contributed by atoms with Crippen molar-refractivity contribution in [2.45, 2.75) is 32.3 Å². The van der Waals surface area contributed by atoms with Crippen LogP contribution in [0.5, 0.6) is 0 Å². The van der Waals surface area contributed by atoms with Crippen molar-refractivity contribution in [1.82, 2.24) is 4.90 Å². The SMILES string of the molecule is COC(C)(C)C(=O)N1CCCC(C#N)C1. The standard InChI is InChI=1S/C11H18N2O2/c1-11(2,15-3)10(14)13-6-4-5-9(7-12)8-13/h9H,4-6,8H2,1-3H3. The van der Waals surface area contributed by atoms with Gasteiger partial charge in [-0.2, -0.15) is 5.26 Å². The van der Waals surface area contributed by atoms with Gasteiger partial charge in [0.2, 0.25) is 0 Å². The molecule has 0 aromatic heterocycles. The molecule has 4 heteroatoms. The zero-order valence-corrected chi connectivity index (χ0v) is 9.62. The van der Waals surface area contributed by atoms with E-state index in [9.17, 15) is 4.79 Å². The third-order valence-corrected chi connectivity index (χ3v) is 2.92. The molecule has 0 bridgehead atoms. The van der Waals surface area contributed by atoms with E-state index in [0.29, 0.717) is 6.54 Å². The molecule has 1 aliphatic rings. The first-order valence-corrected chi connectivity index (χ1v) is 5.25. The van der Waals surface area contributed by atoms with Crippen molar-refractivity contribution in [2.75, 3.05) is 20.2 Å². The summed E-state index contributed by atoms with van der Waals surface area (Å²) in [6.07, 6.45) is 1.80. The third kappa shape index (κ3) is 2.69. The van der Waals surface area contributed by atoms with Gasteiger partial charge in [-0.25, -0.2) is 0 Å². The summed E-state index contributed by atoms with van der Waals surface area (Å²) in [4.78, 5) is 13.7. The van der Waals surface area contributed by atoms with E-state index in [-0.39, 0.29) is 11.8 Å². The molecular weight excluding hydrogens is 192 g/mol. The normalized spacial score (nSPS) is 22.3. The number of ether oxygens (including phenoxy) is 1. The van der Waals surface area contributed by atoms with Crippen LogP contribution in [-0.2, 0) is 9.53 Å². The number of hydrogen-bond acceptors (Lipinski definition) is 3. The minimum absolute atomic E-state index is 0.0182. The van der Waals surface area contributed by atoms with Gasteiger partial charge in [0.25, 0.3) is 5.91 Å². The Bertz CT molecular complexity index is 281. The Balaban J connectivity index is 2.65. The van der Waals surface area contributed by atoms with Crippen LogP contribution in [0.3, 0.4) is 0 Å². The van der Waals surface area contributed by atoms with Gasteiger partial charge in [-0.05, 0) is 26.7 Å². The molecule has 0 aromatic carbocycles. The predicted molar refractivity (Wildman–Crippen MR) is 56.0 cm³/mol. The lowest BCUT2D eigenvalue weighted by atomic mass is 9.97. The molecule has 84 valence electrons. The van der Waals surface area contributed by atoms with E-state index in [4.69, 9.17) is 10.00 Å². The summed E-state index contributed by atoms with van der Waals surface area (Å²) < 4.78 is 5.15.